The second kappa shape index (κ2) is 6.87. The molecular weight excluding hydrogens is 344 g/mol. The van der Waals surface area contributed by atoms with Gasteiger partial charge in [-0.3, -0.25) is 14.4 Å². The first-order chi connectivity index (χ1) is 13.1. The fourth-order valence-electron chi connectivity index (χ4n) is 3.04. The Morgan fingerprint density at radius 1 is 0.963 bits per heavy atom. The van der Waals surface area contributed by atoms with Gasteiger partial charge in [-0.15, -0.1) is 0 Å². The molecule has 27 heavy (non-hydrogen) atoms. The third-order valence-corrected chi connectivity index (χ3v) is 4.41. The van der Waals surface area contributed by atoms with Crippen molar-refractivity contribution in [1.29, 1.82) is 0 Å². The molecule has 4 aromatic rings. The summed E-state index contributed by atoms with van der Waals surface area (Å²) in [5, 5.41) is 11.2. The Labute approximate surface area is 153 Å². The molecule has 4 rings (SSSR count). The number of pyridine rings is 1. The van der Waals surface area contributed by atoms with E-state index >= 15 is 0 Å². The van der Waals surface area contributed by atoms with Crippen LogP contribution in [0.1, 0.15) is 11.3 Å². The van der Waals surface area contributed by atoms with Gasteiger partial charge < -0.3 is 10.3 Å². The number of hydrogen-bond acceptors (Lipinski definition) is 4. The van der Waals surface area contributed by atoms with E-state index in [1.54, 1.807) is 30.3 Å². The lowest BCUT2D eigenvalue weighted by atomic mass is 10.1. The van der Waals surface area contributed by atoms with E-state index in [9.17, 15) is 14.4 Å². The Kier molecular flexibility index (Phi) is 4.25. The number of nitrogens with one attached hydrogen (secondary N) is 3. The van der Waals surface area contributed by atoms with E-state index < -0.39 is 0 Å². The van der Waals surface area contributed by atoms with E-state index in [0.29, 0.717) is 22.0 Å². The molecule has 0 radical (unpaired) electrons. The molecule has 0 spiro atoms. The van der Waals surface area contributed by atoms with Crippen molar-refractivity contribution >= 4 is 27.6 Å². The minimum atomic E-state index is -0.294. The van der Waals surface area contributed by atoms with Crippen LogP contribution in [0.2, 0.25) is 0 Å². The summed E-state index contributed by atoms with van der Waals surface area (Å²) in [7, 11) is 0. The molecule has 0 aliphatic rings. The van der Waals surface area contributed by atoms with Crippen molar-refractivity contribution in [2.45, 2.75) is 13.0 Å². The van der Waals surface area contributed by atoms with Crippen LogP contribution in [0.4, 0.5) is 0 Å². The number of aromatic amines is 2. The van der Waals surface area contributed by atoms with E-state index in [2.05, 4.69) is 20.5 Å². The van der Waals surface area contributed by atoms with Gasteiger partial charge in [0.2, 0.25) is 5.91 Å². The first-order valence-corrected chi connectivity index (χ1v) is 8.46. The monoisotopic (exact) mass is 360 g/mol. The highest BCUT2D eigenvalue weighted by molar-refractivity contribution is 5.88. The Balaban J connectivity index is 1.53. The summed E-state index contributed by atoms with van der Waals surface area (Å²) in [5.74, 6) is -0.285. The van der Waals surface area contributed by atoms with Crippen LogP contribution < -0.4 is 16.4 Å². The van der Waals surface area contributed by atoms with Crippen LogP contribution in [0.25, 0.3) is 21.7 Å². The number of hydrogen-bond donors (Lipinski definition) is 3. The highest BCUT2D eigenvalue weighted by Crippen LogP contribution is 2.13. The summed E-state index contributed by atoms with van der Waals surface area (Å²) in [5.41, 5.74) is 1.18. The number of carbonyl (C=O) groups excluding carboxylic acids is 1. The van der Waals surface area contributed by atoms with Crippen LogP contribution in [-0.2, 0) is 17.8 Å². The molecule has 2 aromatic heterocycles. The quantitative estimate of drug-likeness (QED) is 0.514. The van der Waals surface area contributed by atoms with Crippen LogP contribution in [-0.4, -0.2) is 21.1 Å². The molecule has 0 fully saturated rings. The first kappa shape index (κ1) is 16.7. The number of amides is 1. The number of para-hydroxylation sites is 1. The number of carbonyl (C=O) groups is 1. The number of benzene rings is 2. The van der Waals surface area contributed by atoms with Crippen molar-refractivity contribution in [2.24, 2.45) is 0 Å². The van der Waals surface area contributed by atoms with Gasteiger partial charge in [-0.1, -0.05) is 36.4 Å². The molecule has 0 aliphatic carbocycles. The van der Waals surface area contributed by atoms with Gasteiger partial charge in [0.25, 0.3) is 11.1 Å². The van der Waals surface area contributed by atoms with E-state index in [0.717, 1.165) is 10.9 Å². The van der Waals surface area contributed by atoms with Gasteiger partial charge in [0, 0.05) is 23.0 Å². The topological polar surface area (TPSA) is 108 Å². The fraction of sp³-hybridized carbons (Fsp3) is 0.100. The zero-order chi connectivity index (χ0) is 18.8. The molecule has 0 bridgehead atoms. The molecular formula is C20H16N4O3. The minimum Gasteiger partial charge on any atom is -0.351 e. The maximum atomic E-state index is 12.3. The van der Waals surface area contributed by atoms with Crippen LogP contribution in [0.3, 0.4) is 0 Å². The molecule has 0 atom stereocenters. The third-order valence-electron chi connectivity index (χ3n) is 4.41. The fourth-order valence-corrected chi connectivity index (χ4v) is 3.04. The smallest absolute Gasteiger partial charge is 0.272 e. The van der Waals surface area contributed by atoms with Gasteiger partial charge in [-0.05, 0) is 23.6 Å². The summed E-state index contributed by atoms with van der Waals surface area (Å²) in [4.78, 5) is 39.1. The summed E-state index contributed by atoms with van der Waals surface area (Å²) in [6.07, 6.45) is 0.00276. The van der Waals surface area contributed by atoms with Crippen LogP contribution in [0.15, 0.2) is 64.2 Å². The number of aromatic nitrogens is 3. The average Bonchev–Trinajstić information content (AvgIpc) is 2.69. The van der Waals surface area contributed by atoms with Crippen molar-refractivity contribution in [3.8, 4) is 0 Å². The molecule has 134 valence electrons. The highest BCUT2D eigenvalue weighted by Gasteiger charge is 2.11. The Morgan fingerprint density at radius 3 is 2.56 bits per heavy atom. The Hall–Kier alpha value is -3.74. The average molecular weight is 360 g/mol. The number of fused-ring (bicyclic) bond motifs is 2. The lowest BCUT2D eigenvalue weighted by Gasteiger charge is -2.07. The molecule has 7 heteroatoms. The maximum Gasteiger partial charge on any atom is 0.272 e. The molecule has 7 nitrogen and oxygen atoms in total. The number of nitrogens with zero attached hydrogens (tertiary/aromatic N) is 1. The summed E-state index contributed by atoms with van der Waals surface area (Å²) < 4.78 is 0. The van der Waals surface area contributed by atoms with Gasteiger partial charge in [0.15, 0.2) is 0 Å². The van der Waals surface area contributed by atoms with E-state index in [1.807, 2.05) is 24.3 Å². The first-order valence-electron chi connectivity index (χ1n) is 8.46. The second-order valence-electron chi connectivity index (χ2n) is 6.21. The van der Waals surface area contributed by atoms with Gasteiger partial charge in [-0.2, -0.15) is 5.10 Å². The van der Waals surface area contributed by atoms with Crippen LogP contribution in [0, 0.1) is 0 Å². The standard InChI is InChI=1S/C20H16N4O3/c25-18(10-17-14-6-2-3-7-15(14)20(27)24-23-17)21-11-13-9-12-5-1-4-8-16(12)22-19(13)26/h1-9H,10-11H2,(H,21,25)(H,22,26)(H,24,27). The maximum absolute atomic E-state index is 12.3. The lowest BCUT2D eigenvalue weighted by molar-refractivity contribution is -0.120. The zero-order valence-corrected chi connectivity index (χ0v) is 14.3. The SMILES string of the molecule is O=C(Cc1n[nH]c(=O)c2ccccc12)NCc1cc2ccccc2[nH]c1=O. The van der Waals surface area contributed by atoms with Crippen molar-refractivity contribution in [3.63, 3.8) is 0 Å². The molecule has 2 aromatic carbocycles. The third kappa shape index (κ3) is 3.35. The normalized spacial score (nSPS) is 11.0. The lowest BCUT2D eigenvalue weighted by Crippen LogP contribution is -2.28. The largest absolute Gasteiger partial charge is 0.351 e. The molecule has 0 saturated carbocycles. The molecule has 0 unspecified atom stereocenters. The van der Waals surface area contributed by atoms with Gasteiger partial charge in [0.05, 0.1) is 17.5 Å². The number of rotatable bonds is 4. The summed E-state index contributed by atoms with van der Waals surface area (Å²) in [6, 6.07) is 16.2. The van der Waals surface area contributed by atoms with Crippen LogP contribution >= 0.6 is 0 Å². The predicted octanol–water partition coefficient (Wildman–Crippen LogP) is 1.62. The van der Waals surface area contributed by atoms with Gasteiger partial charge in [0.1, 0.15) is 0 Å². The van der Waals surface area contributed by atoms with Crippen molar-refractivity contribution in [3.05, 3.63) is 86.6 Å². The van der Waals surface area contributed by atoms with E-state index in [1.165, 1.54) is 0 Å². The summed E-state index contributed by atoms with van der Waals surface area (Å²) >= 11 is 0. The van der Waals surface area contributed by atoms with E-state index in [4.69, 9.17) is 0 Å². The Morgan fingerprint density at radius 2 is 1.70 bits per heavy atom. The molecule has 0 aliphatic heterocycles. The van der Waals surface area contributed by atoms with Crippen molar-refractivity contribution in [2.75, 3.05) is 0 Å². The Bertz CT molecular complexity index is 1270. The molecule has 3 N–H and O–H groups in total. The minimum absolute atomic E-state index is 0.00276. The predicted molar refractivity (Wildman–Crippen MR) is 102 cm³/mol. The van der Waals surface area contributed by atoms with Crippen molar-refractivity contribution in [1.82, 2.24) is 20.5 Å². The highest BCUT2D eigenvalue weighted by atomic mass is 16.2. The second-order valence-corrected chi connectivity index (χ2v) is 6.21. The zero-order valence-electron chi connectivity index (χ0n) is 14.3. The van der Waals surface area contributed by atoms with Crippen molar-refractivity contribution < 1.29 is 4.79 Å². The molecule has 0 saturated heterocycles. The molecule has 2 heterocycles. The van der Waals surface area contributed by atoms with Crippen LogP contribution in [0.5, 0.6) is 0 Å². The molecule has 1 amide bonds. The van der Waals surface area contributed by atoms with E-state index in [-0.39, 0.29) is 30.0 Å². The van der Waals surface area contributed by atoms with Gasteiger partial charge in [-0.25, -0.2) is 5.10 Å². The van der Waals surface area contributed by atoms with Gasteiger partial charge >= 0.3 is 0 Å². The number of H-pyrrole nitrogens is 2. The summed E-state index contributed by atoms with van der Waals surface area (Å²) in [6.45, 7) is 0.111.